The Balaban J connectivity index is 2.59. The molecule has 2 fully saturated rings. The first-order valence-electron chi connectivity index (χ1n) is 12.3. The molecular weight excluding hydrogens is 570 g/mol. The van der Waals surface area contributed by atoms with Gasteiger partial charge in [-0.1, -0.05) is 15.3 Å². The Morgan fingerprint density at radius 3 is 1.86 bits per heavy atom. The van der Waals surface area contributed by atoms with Gasteiger partial charge in [0.05, 0.1) is 18.2 Å². The highest BCUT2D eigenvalue weighted by Gasteiger charge is 2.54. The van der Waals surface area contributed by atoms with E-state index in [9.17, 15) is 34.9 Å². The first kappa shape index (κ1) is 33.9. The molecule has 0 bridgehead atoms. The van der Waals surface area contributed by atoms with E-state index in [-0.39, 0.29) is 6.42 Å². The number of carbonyl (C=O) groups excluding carboxylic acids is 4. The molecule has 7 unspecified atom stereocenters. The zero-order chi connectivity index (χ0) is 31.6. The average Bonchev–Trinajstić information content (AvgIpc) is 2.89. The largest absolute Gasteiger partial charge is 0.462 e. The van der Waals surface area contributed by atoms with Gasteiger partial charge < -0.3 is 38.6 Å². The van der Waals surface area contributed by atoms with E-state index in [1.165, 1.54) is 0 Å². The lowest BCUT2D eigenvalue weighted by atomic mass is 9.84. The van der Waals surface area contributed by atoms with Crippen molar-refractivity contribution in [3.8, 4) is 0 Å². The molecule has 0 spiro atoms. The summed E-state index contributed by atoms with van der Waals surface area (Å²) in [7, 11) is 0. The van der Waals surface area contributed by atoms with E-state index in [2.05, 4.69) is 30.1 Å². The van der Waals surface area contributed by atoms with Crippen LogP contribution in [0.2, 0.25) is 0 Å². The zero-order valence-corrected chi connectivity index (χ0v) is 22.8. The van der Waals surface area contributed by atoms with Crippen LogP contribution < -0.4 is 0 Å². The van der Waals surface area contributed by atoms with E-state index in [1.807, 2.05) is 0 Å². The summed E-state index contributed by atoms with van der Waals surface area (Å²) in [5.74, 6) is -3.44. The third-order valence-corrected chi connectivity index (χ3v) is 6.11. The highest BCUT2D eigenvalue weighted by Crippen LogP contribution is 2.35. The topological polar surface area (TPSA) is 310 Å². The van der Waals surface area contributed by atoms with Crippen molar-refractivity contribution < 1.29 is 57.8 Å². The van der Waals surface area contributed by atoms with E-state index >= 15 is 0 Å². The van der Waals surface area contributed by atoms with Gasteiger partial charge in [0.2, 0.25) is 0 Å². The maximum atomic E-state index is 11.9. The van der Waals surface area contributed by atoms with Crippen molar-refractivity contribution in [3.05, 3.63) is 31.3 Å². The molecule has 0 radical (unpaired) electrons. The van der Waals surface area contributed by atoms with E-state index in [0.717, 1.165) is 27.7 Å². The van der Waals surface area contributed by atoms with Crippen molar-refractivity contribution in [3.63, 3.8) is 0 Å². The Morgan fingerprint density at radius 1 is 0.810 bits per heavy atom. The molecule has 0 aromatic carbocycles. The third kappa shape index (κ3) is 8.82. The minimum atomic E-state index is -1.85. The van der Waals surface area contributed by atoms with Gasteiger partial charge in [0.25, 0.3) is 0 Å². The molecule has 1 saturated carbocycles. The van der Waals surface area contributed by atoms with Crippen LogP contribution in [0, 0.1) is 0 Å². The van der Waals surface area contributed by atoms with Gasteiger partial charge in [-0.15, -0.1) is 0 Å². The predicted octanol–water partition coefficient (Wildman–Crippen LogP) is 0.617. The average molecular weight is 600 g/mol. The van der Waals surface area contributed by atoms with Crippen LogP contribution in [-0.4, -0.2) is 108 Å². The highest BCUT2D eigenvalue weighted by molar-refractivity contribution is 5.67. The summed E-state index contributed by atoms with van der Waals surface area (Å²) in [5, 5.41) is 32.8. The van der Waals surface area contributed by atoms with Crippen LogP contribution in [-0.2, 0) is 47.6 Å². The van der Waals surface area contributed by atoms with Gasteiger partial charge in [0.1, 0.15) is 43.2 Å². The second kappa shape index (κ2) is 15.6. The van der Waals surface area contributed by atoms with Crippen LogP contribution in [0.15, 0.2) is 15.3 Å². The Hall–Kier alpha value is -4.35. The third-order valence-electron chi connectivity index (χ3n) is 6.11. The number of esters is 4. The lowest BCUT2D eigenvalue weighted by Gasteiger charge is -2.47. The minimum absolute atomic E-state index is 0.283. The molecule has 1 saturated heterocycles. The lowest BCUT2D eigenvalue weighted by Crippen LogP contribution is -2.65. The summed E-state index contributed by atoms with van der Waals surface area (Å²) in [6.07, 6.45) is -13.7. The molecule has 2 rings (SSSR count). The number of aliphatic hydroxyl groups excluding tert-OH is 2. The molecule has 230 valence electrons. The van der Waals surface area contributed by atoms with E-state index in [0.29, 0.717) is 0 Å². The Labute approximate surface area is 236 Å². The minimum Gasteiger partial charge on any atom is -0.462 e. The molecule has 2 N–H and O–H groups in total. The van der Waals surface area contributed by atoms with Crippen molar-refractivity contribution >= 4 is 23.9 Å². The Kier molecular flexibility index (Phi) is 12.6. The molecule has 0 amide bonds. The van der Waals surface area contributed by atoms with Gasteiger partial charge in [-0.05, 0) is 23.0 Å². The van der Waals surface area contributed by atoms with Gasteiger partial charge in [-0.3, -0.25) is 19.2 Å². The molecule has 42 heavy (non-hydrogen) atoms. The van der Waals surface area contributed by atoms with Crippen molar-refractivity contribution in [1.82, 2.24) is 0 Å². The number of rotatable bonds is 11. The van der Waals surface area contributed by atoms with Gasteiger partial charge >= 0.3 is 23.9 Å². The van der Waals surface area contributed by atoms with E-state index < -0.39 is 97.6 Å². The molecule has 1 aliphatic carbocycles. The summed E-state index contributed by atoms with van der Waals surface area (Å²) in [6.45, 7) is 3.49. The first-order chi connectivity index (χ1) is 19.8. The fourth-order valence-electron chi connectivity index (χ4n) is 4.58. The predicted molar refractivity (Wildman–Crippen MR) is 132 cm³/mol. The van der Waals surface area contributed by atoms with Gasteiger partial charge in [0.15, 0.2) is 12.4 Å². The molecule has 11 atom stereocenters. The van der Waals surface area contributed by atoms with Gasteiger partial charge in [-0.2, -0.15) is 0 Å². The fraction of sp³-hybridized carbons (Fsp3) is 0.810. The number of ether oxygens (including phenoxy) is 6. The maximum Gasteiger partial charge on any atom is 0.303 e. The molecule has 21 nitrogen and oxygen atoms in total. The van der Waals surface area contributed by atoms with Crippen molar-refractivity contribution in [2.75, 3.05) is 6.61 Å². The number of nitrogens with zero attached hydrogens (tertiary/aromatic N) is 9. The van der Waals surface area contributed by atoms with Crippen LogP contribution >= 0.6 is 0 Å². The number of aliphatic hydroxyl groups is 2. The molecule has 21 heteroatoms. The standard InChI is InChI=1S/C21H29N9O12/c1-7(31)37-6-13(38-8(2)32)19-16(36)20(40-10(4)34)14(27-30-24)21(42-19)41-18-12(26-29-23)5-11(25-28-22)17(15(18)35)39-9(3)33/h11-21,35-36H,5-6H2,1-4H3/t11?,12?,13-,14?,15?,16-,17?,18-,19?,20?,21+/m1/s1. The monoisotopic (exact) mass is 599 g/mol. The molecule has 0 aromatic heterocycles. The summed E-state index contributed by atoms with van der Waals surface area (Å²) in [4.78, 5) is 54.9. The first-order valence-corrected chi connectivity index (χ1v) is 12.3. The van der Waals surface area contributed by atoms with Crippen molar-refractivity contribution in [1.29, 1.82) is 0 Å². The molecule has 0 aromatic rings. The molecule has 1 aliphatic heterocycles. The second-order valence-corrected chi connectivity index (χ2v) is 9.13. The molecular formula is C21H29N9O12. The summed E-state index contributed by atoms with van der Waals surface area (Å²) in [5.41, 5.74) is 27.3. The highest BCUT2D eigenvalue weighted by atomic mass is 16.7. The Bertz CT molecular complexity index is 1170. The number of hydrogen-bond acceptors (Lipinski definition) is 15. The van der Waals surface area contributed by atoms with Crippen molar-refractivity contribution in [2.24, 2.45) is 15.3 Å². The van der Waals surface area contributed by atoms with E-state index in [4.69, 9.17) is 39.5 Å². The van der Waals surface area contributed by atoms with Crippen LogP contribution in [0.4, 0.5) is 0 Å². The lowest BCUT2D eigenvalue weighted by molar-refractivity contribution is -0.306. The molecule has 2 aliphatic rings. The van der Waals surface area contributed by atoms with Gasteiger partial charge in [0, 0.05) is 42.4 Å². The fourth-order valence-corrected chi connectivity index (χ4v) is 4.58. The van der Waals surface area contributed by atoms with Crippen molar-refractivity contribution in [2.45, 2.75) is 101 Å². The maximum absolute atomic E-state index is 11.9. The molecule has 1 heterocycles. The zero-order valence-electron chi connectivity index (χ0n) is 22.8. The van der Waals surface area contributed by atoms with Crippen LogP contribution in [0.3, 0.4) is 0 Å². The van der Waals surface area contributed by atoms with Crippen LogP contribution in [0.5, 0.6) is 0 Å². The van der Waals surface area contributed by atoms with Crippen LogP contribution in [0.25, 0.3) is 31.3 Å². The SMILES string of the molecule is CC(=O)OC[C@@H](OC(C)=O)C1O[C@H](O[C@@H]2C(N=[N+]=[N-])CC(N=[N+]=[N-])C(OC(C)=O)C2O)C(N=[N+]=[N-])C(OC(C)=O)[C@@H]1O. The van der Waals surface area contributed by atoms with Gasteiger partial charge in [-0.25, -0.2) is 0 Å². The summed E-state index contributed by atoms with van der Waals surface area (Å²) in [6, 6.07) is -4.13. The summed E-state index contributed by atoms with van der Waals surface area (Å²) < 4.78 is 32.1. The second-order valence-electron chi connectivity index (χ2n) is 9.13. The number of azide groups is 3. The van der Waals surface area contributed by atoms with Crippen LogP contribution in [0.1, 0.15) is 34.1 Å². The smallest absolute Gasteiger partial charge is 0.303 e. The normalized spacial score (nSPS) is 32.8. The van der Waals surface area contributed by atoms with E-state index in [1.54, 1.807) is 0 Å². The quantitative estimate of drug-likeness (QED) is 0.108. The summed E-state index contributed by atoms with van der Waals surface area (Å²) >= 11 is 0. The number of carbonyl (C=O) groups is 4. The Morgan fingerprint density at radius 2 is 1.36 bits per heavy atom. The number of hydrogen-bond donors (Lipinski definition) is 2.